The zero-order valence-electron chi connectivity index (χ0n) is 10.8. The number of ether oxygens (including phenoxy) is 1. The van der Waals surface area contributed by atoms with E-state index in [4.69, 9.17) is 4.74 Å². The standard InChI is InChI=1S/C15H20FNO/c1-2-17-10-15(5-6-15)9-13-8-11-7-12(16)3-4-14(11)18-13/h3-4,7,13,17H,2,5-6,8-10H2,1H3. The third-order valence-electron chi connectivity index (χ3n) is 4.13. The predicted octanol–water partition coefficient (Wildman–Crippen LogP) is 2.91. The van der Waals surface area contributed by atoms with Gasteiger partial charge in [0.1, 0.15) is 17.7 Å². The molecule has 1 atom stereocenters. The van der Waals surface area contributed by atoms with Gasteiger partial charge in [0.25, 0.3) is 0 Å². The molecule has 0 aromatic heterocycles. The second-order valence-electron chi connectivity index (χ2n) is 5.68. The van der Waals surface area contributed by atoms with Gasteiger partial charge in [-0.2, -0.15) is 0 Å². The highest BCUT2D eigenvalue weighted by Gasteiger charge is 2.45. The van der Waals surface area contributed by atoms with Gasteiger partial charge in [-0.3, -0.25) is 0 Å². The number of hydrogen-bond acceptors (Lipinski definition) is 2. The molecule has 0 amide bonds. The highest BCUT2D eigenvalue weighted by molar-refractivity contribution is 5.38. The number of halogens is 1. The van der Waals surface area contributed by atoms with Crippen molar-refractivity contribution in [1.29, 1.82) is 0 Å². The van der Waals surface area contributed by atoms with Gasteiger partial charge in [-0.05, 0) is 49.4 Å². The number of benzene rings is 1. The van der Waals surface area contributed by atoms with E-state index >= 15 is 0 Å². The first-order valence-electron chi connectivity index (χ1n) is 6.87. The first kappa shape index (κ1) is 12.0. The summed E-state index contributed by atoms with van der Waals surface area (Å²) in [6.07, 6.45) is 4.79. The summed E-state index contributed by atoms with van der Waals surface area (Å²) in [5.41, 5.74) is 1.47. The minimum absolute atomic E-state index is 0.160. The molecule has 0 radical (unpaired) electrons. The van der Waals surface area contributed by atoms with Crippen molar-refractivity contribution in [2.75, 3.05) is 13.1 Å². The first-order chi connectivity index (χ1) is 8.71. The van der Waals surface area contributed by atoms with Crippen LogP contribution in [0, 0.1) is 11.2 Å². The van der Waals surface area contributed by atoms with Gasteiger partial charge in [0.05, 0.1) is 0 Å². The van der Waals surface area contributed by atoms with Crippen molar-refractivity contribution in [2.24, 2.45) is 5.41 Å². The number of nitrogens with one attached hydrogen (secondary N) is 1. The van der Waals surface area contributed by atoms with Gasteiger partial charge in [-0.1, -0.05) is 6.92 Å². The minimum atomic E-state index is -0.160. The van der Waals surface area contributed by atoms with Gasteiger partial charge < -0.3 is 10.1 Å². The summed E-state index contributed by atoms with van der Waals surface area (Å²) in [6.45, 7) is 4.26. The minimum Gasteiger partial charge on any atom is -0.490 e. The first-order valence-corrected chi connectivity index (χ1v) is 6.87. The maximum atomic E-state index is 13.1. The number of hydrogen-bond donors (Lipinski definition) is 1. The Balaban J connectivity index is 1.61. The summed E-state index contributed by atoms with van der Waals surface area (Å²) in [5, 5.41) is 3.44. The van der Waals surface area contributed by atoms with Crippen molar-refractivity contribution >= 4 is 0 Å². The summed E-state index contributed by atoms with van der Waals surface area (Å²) < 4.78 is 19.1. The van der Waals surface area contributed by atoms with Crippen LogP contribution in [-0.4, -0.2) is 19.2 Å². The van der Waals surface area contributed by atoms with Gasteiger partial charge >= 0.3 is 0 Å². The molecule has 1 unspecified atom stereocenters. The summed E-state index contributed by atoms with van der Waals surface area (Å²) in [4.78, 5) is 0. The molecular formula is C15H20FNO. The monoisotopic (exact) mass is 249 g/mol. The zero-order chi connectivity index (χ0) is 12.6. The summed E-state index contributed by atoms with van der Waals surface area (Å²) in [5.74, 6) is 0.715. The normalized spacial score (nSPS) is 23.6. The van der Waals surface area contributed by atoms with Crippen molar-refractivity contribution < 1.29 is 9.13 Å². The molecule has 1 heterocycles. The summed E-state index contributed by atoms with van der Waals surface area (Å²) in [7, 11) is 0. The second kappa shape index (κ2) is 4.54. The number of fused-ring (bicyclic) bond motifs is 1. The van der Waals surface area contributed by atoms with E-state index in [1.165, 1.54) is 18.9 Å². The van der Waals surface area contributed by atoms with Crippen molar-refractivity contribution in [3.05, 3.63) is 29.6 Å². The quantitative estimate of drug-likeness (QED) is 0.866. The van der Waals surface area contributed by atoms with Crippen LogP contribution >= 0.6 is 0 Å². The van der Waals surface area contributed by atoms with Crippen LogP contribution in [0.5, 0.6) is 5.75 Å². The Bertz CT molecular complexity index is 442. The van der Waals surface area contributed by atoms with Gasteiger partial charge in [0.15, 0.2) is 0 Å². The Labute approximate surface area is 108 Å². The van der Waals surface area contributed by atoms with Crippen molar-refractivity contribution in [3.63, 3.8) is 0 Å². The smallest absolute Gasteiger partial charge is 0.123 e. The topological polar surface area (TPSA) is 21.3 Å². The molecule has 2 nitrogen and oxygen atoms in total. The van der Waals surface area contributed by atoms with Crippen molar-refractivity contribution in [2.45, 2.75) is 38.7 Å². The van der Waals surface area contributed by atoms with Gasteiger partial charge in [0, 0.05) is 18.5 Å². The van der Waals surface area contributed by atoms with Crippen LogP contribution in [-0.2, 0) is 6.42 Å². The van der Waals surface area contributed by atoms with E-state index in [1.807, 2.05) is 0 Å². The molecule has 0 spiro atoms. The van der Waals surface area contributed by atoms with Crippen LogP contribution in [0.2, 0.25) is 0 Å². The Morgan fingerprint density at radius 1 is 1.44 bits per heavy atom. The molecule has 1 aliphatic carbocycles. The molecule has 1 N–H and O–H groups in total. The van der Waals surface area contributed by atoms with Crippen LogP contribution in [0.4, 0.5) is 4.39 Å². The Hall–Kier alpha value is -1.09. The van der Waals surface area contributed by atoms with Gasteiger partial charge in [0.2, 0.25) is 0 Å². The fourth-order valence-corrected chi connectivity index (χ4v) is 2.91. The molecule has 0 saturated heterocycles. The van der Waals surface area contributed by atoms with E-state index in [9.17, 15) is 4.39 Å². The summed E-state index contributed by atoms with van der Waals surface area (Å²) in [6, 6.07) is 4.85. The Morgan fingerprint density at radius 3 is 3.00 bits per heavy atom. The van der Waals surface area contributed by atoms with Crippen molar-refractivity contribution in [3.8, 4) is 5.75 Å². The van der Waals surface area contributed by atoms with E-state index in [-0.39, 0.29) is 11.9 Å². The lowest BCUT2D eigenvalue weighted by Gasteiger charge is -2.19. The van der Waals surface area contributed by atoms with Crippen LogP contribution < -0.4 is 10.1 Å². The molecule has 1 aromatic rings. The maximum absolute atomic E-state index is 13.1. The van der Waals surface area contributed by atoms with Crippen LogP contribution in [0.25, 0.3) is 0 Å². The molecule has 1 saturated carbocycles. The van der Waals surface area contributed by atoms with Crippen LogP contribution in [0.15, 0.2) is 18.2 Å². The lowest BCUT2D eigenvalue weighted by atomic mass is 9.95. The highest BCUT2D eigenvalue weighted by Crippen LogP contribution is 2.50. The Morgan fingerprint density at radius 2 is 2.28 bits per heavy atom. The Kier molecular flexibility index (Phi) is 3.02. The average molecular weight is 249 g/mol. The average Bonchev–Trinajstić information content (AvgIpc) is 2.99. The van der Waals surface area contributed by atoms with Crippen LogP contribution in [0.3, 0.4) is 0 Å². The third-order valence-corrected chi connectivity index (χ3v) is 4.13. The van der Waals surface area contributed by atoms with Gasteiger partial charge in [-0.25, -0.2) is 4.39 Å². The highest BCUT2D eigenvalue weighted by atomic mass is 19.1. The van der Waals surface area contributed by atoms with E-state index in [2.05, 4.69) is 12.2 Å². The molecule has 3 rings (SSSR count). The lowest BCUT2D eigenvalue weighted by Crippen LogP contribution is -2.28. The predicted molar refractivity (Wildman–Crippen MR) is 69.3 cm³/mol. The summed E-state index contributed by atoms with van der Waals surface area (Å²) >= 11 is 0. The van der Waals surface area contributed by atoms with Gasteiger partial charge in [-0.15, -0.1) is 0 Å². The maximum Gasteiger partial charge on any atom is 0.123 e. The van der Waals surface area contributed by atoms with E-state index < -0.39 is 0 Å². The van der Waals surface area contributed by atoms with Crippen LogP contribution in [0.1, 0.15) is 31.7 Å². The van der Waals surface area contributed by atoms with E-state index in [0.29, 0.717) is 5.41 Å². The van der Waals surface area contributed by atoms with Crippen molar-refractivity contribution in [1.82, 2.24) is 5.32 Å². The number of rotatable bonds is 5. The fraction of sp³-hybridized carbons (Fsp3) is 0.600. The molecule has 98 valence electrons. The molecular weight excluding hydrogens is 229 g/mol. The molecule has 1 aromatic carbocycles. The van der Waals surface area contributed by atoms with E-state index in [0.717, 1.165) is 37.2 Å². The molecule has 18 heavy (non-hydrogen) atoms. The lowest BCUT2D eigenvalue weighted by molar-refractivity contribution is 0.184. The molecule has 0 bridgehead atoms. The second-order valence-corrected chi connectivity index (χ2v) is 5.68. The third kappa shape index (κ3) is 2.37. The zero-order valence-corrected chi connectivity index (χ0v) is 10.8. The molecule has 3 heteroatoms. The molecule has 1 aliphatic heterocycles. The molecule has 2 aliphatic rings. The fourth-order valence-electron chi connectivity index (χ4n) is 2.91. The SMILES string of the molecule is CCNCC1(CC2Cc3cc(F)ccc3O2)CC1. The molecule has 1 fully saturated rings. The van der Waals surface area contributed by atoms with E-state index in [1.54, 1.807) is 12.1 Å². The largest absolute Gasteiger partial charge is 0.490 e.